The number of carbonyl (C=O) groups excluding carboxylic acids is 2. The first-order valence-corrected chi connectivity index (χ1v) is 11.5. The second-order valence-electron chi connectivity index (χ2n) is 8.23. The Balaban J connectivity index is 1.57. The third-order valence-electron chi connectivity index (χ3n) is 5.66. The summed E-state index contributed by atoms with van der Waals surface area (Å²) in [6.07, 6.45) is 0. The molecule has 1 saturated heterocycles. The molecule has 2 aliphatic heterocycles. The summed E-state index contributed by atoms with van der Waals surface area (Å²) in [6.45, 7) is 1.53. The van der Waals surface area contributed by atoms with Crippen molar-refractivity contribution in [2.45, 2.75) is 6.54 Å². The smallest absolute Gasteiger partial charge is 0.276 e. The van der Waals surface area contributed by atoms with Crippen LogP contribution < -0.4 is 15.1 Å². The number of piperazine rings is 1. The minimum atomic E-state index is -0.281. The van der Waals surface area contributed by atoms with Crippen LogP contribution in [-0.4, -0.2) is 83.7 Å². The molecule has 1 aromatic carbocycles. The van der Waals surface area contributed by atoms with E-state index in [2.05, 4.69) is 15.5 Å². The molecule has 2 aliphatic rings. The van der Waals surface area contributed by atoms with Crippen LogP contribution in [0.2, 0.25) is 10.0 Å². The number of benzene rings is 1. The molecule has 1 N–H and O–H groups in total. The number of hydrogen-bond donors (Lipinski definition) is 1. The molecule has 5 rings (SSSR count). The van der Waals surface area contributed by atoms with Crippen LogP contribution in [-0.2, 0) is 16.1 Å². The summed E-state index contributed by atoms with van der Waals surface area (Å²) in [4.78, 5) is 35.3. The predicted molar refractivity (Wildman–Crippen MR) is 128 cm³/mol. The van der Waals surface area contributed by atoms with Crippen molar-refractivity contribution in [3.8, 4) is 11.5 Å². The van der Waals surface area contributed by atoms with Crippen molar-refractivity contribution in [3.05, 3.63) is 39.8 Å². The lowest BCUT2D eigenvalue weighted by Crippen LogP contribution is -2.48. The highest BCUT2D eigenvalue weighted by molar-refractivity contribution is 6.42. The first-order chi connectivity index (χ1) is 16.8. The van der Waals surface area contributed by atoms with E-state index in [9.17, 15) is 9.59 Å². The van der Waals surface area contributed by atoms with E-state index in [4.69, 9.17) is 37.3 Å². The van der Waals surface area contributed by atoms with Gasteiger partial charge in [-0.15, -0.1) is 10.2 Å². The molecule has 184 valence electrons. The molecule has 0 saturated carbocycles. The van der Waals surface area contributed by atoms with Gasteiger partial charge in [0.25, 0.3) is 5.91 Å². The zero-order chi connectivity index (χ0) is 24.7. The zero-order valence-corrected chi connectivity index (χ0v) is 20.5. The summed E-state index contributed by atoms with van der Waals surface area (Å²) < 4.78 is 13.2. The monoisotopic (exact) mass is 520 g/mol. The van der Waals surface area contributed by atoms with Crippen LogP contribution in [0.4, 0.5) is 11.8 Å². The maximum atomic E-state index is 13.4. The van der Waals surface area contributed by atoms with Gasteiger partial charge < -0.3 is 29.2 Å². The average molecular weight is 521 g/mol. The molecule has 35 heavy (non-hydrogen) atoms. The first kappa shape index (κ1) is 23.4. The van der Waals surface area contributed by atoms with Crippen molar-refractivity contribution >= 4 is 46.8 Å². The summed E-state index contributed by atoms with van der Waals surface area (Å²) >= 11 is 12.1. The minimum Gasteiger partial charge on any atom is -0.419 e. The largest absolute Gasteiger partial charge is 0.419 e. The number of imidazole rings is 1. The molecule has 4 heterocycles. The van der Waals surface area contributed by atoms with Gasteiger partial charge >= 0.3 is 0 Å². The van der Waals surface area contributed by atoms with Crippen molar-refractivity contribution in [3.63, 3.8) is 0 Å². The Morgan fingerprint density at radius 1 is 1.09 bits per heavy atom. The van der Waals surface area contributed by atoms with Gasteiger partial charge in [-0.1, -0.05) is 23.2 Å². The standard InChI is InChI=1S/C21H22Cl2N8O4/c1-28-10-34-11-29(2)20(33)17-18(28)25-21(30-6-5-24-15(32)8-30)31(17)9-16-26-27-19(35-16)12-3-4-13(22)14(23)7-12/h3-4,7H,5-6,8-11H2,1-2H3,(H,24,32). The number of rotatable bonds is 4. The second kappa shape index (κ2) is 9.36. The minimum absolute atomic E-state index is 0.0678. The predicted octanol–water partition coefficient (Wildman–Crippen LogP) is 1.68. The fourth-order valence-corrected chi connectivity index (χ4v) is 4.22. The van der Waals surface area contributed by atoms with E-state index in [0.29, 0.717) is 46.2 Å². The number of fused-ring (bicyclic) bond motifs is 1. The van der Waals surface area contributed by atoms with Crippen LogP contribution in [0.3, 0.4) is 0 Å². The number of halogens is 2. The molecule has 0 atom stereocenters. The van der Waals surface area contributed by atoms with Crippen molar-refractivity contribution in [2.24, 2.45) is 0 Å². The van der Waals surface area contributed by atoms with E-state index in [0.717, 1.165) is 0 Å². The Labute approximate surface area is 210 Å². The molecule has 12 nitrogen and oxygen atoms in total. The van der Waals surface area contributed by atoms with Crippen LogP contribution >= 0.6 is 23.2 Å². The third-order valence-corrected chi connectivity index (χ3v) is 6.40. The molecule has 3 aromatic rings. The van der Waals surface area contributed by atoms with Gasteiger partial charge in [-0.05, 0) is 18.2 Å². The Morgan fingerprint density at radius 2 is 1.89 bits per heavy atom. The molecular weight excluding hydrogens is 499 g/mol. The van der Waals surface area contributed by atoms with Gasteiger partial charge in [-0.3, -0.25) is 14.2 Å². The fraction of sp³-hybridized carbons (Fsp3) is 0.381. The molecule has 0 radical (unpaired) electrons. The van der Waals surface area contributed by atoms with Crippen molar-refractivity contribution in [2.75, 3.05) is 57.0 Å². The molecule has 0 bridgehead atoms. The maximum Gasteiger partial charge on any atom is 0.276 e. The molecule has 1 fully saturated rings. The molecule has 0 unspecified atom stereocenters. The van der Waals surface area contributed by atoms with Crippen molar-refractivity contribution in [1.82, 2.24) is 30.0 Å². The summed E-state index contributed by atoms with van der Waals surface area (Å²) in [6, 6.07) is 5.01. The normalized spacial score (nSPS) is 16.7. The number of aromatic nitrogens is 4. The summed E-state index contributed by atoms with van der Waals surface area (Å²) in [5.41, 5.74) is 0.952. The highest BCUT2D eigenvalue weighted by atomic mass is 35.5. The quantitative estimate of drug-likeness (QED) is 0.547. The number of carbonyl (C=O) groups is 2. The average Bonchev–Trinajstić information content (AvgIpc) is 3.45. The van der Waals surface area contributed by atoms with Gasteiger partial charge in [-0.25, -0.2) is 0 Å². The number of ether oxygens (including phenoxy) is 1. The van der Waals surface area contributed by atoms with Crippen LogP contribution in [0, 0.1) is 0 Å². The topological polar surface area (TPSA) is 122 Å². The Bertz CT molecular complexity index is 1290. The van der Waals surface area contributed by atoms with Crippen LogP contribution in [0.15, 0.2) is 22.6 Å². The van der Waals surface area contributed by atoms with E-state index in [1.807, 2.05) is 4.90 Å². The Hall–Kier alpha value is -3.35. The van der Waals surface area contributed by atoms with E-state index in [-0.39, 0.29) is 50.1 Å². The van der Waals surface area contributed by atoms with Gasteiger partial charge in [0.2, 0.25) is 23.6 Å². The molecular formula is C21H22Cl2N8O4. The molecule has 0 spiro atoms. The number of nitrogens with one attached hydrogen (secondary N) is 1. The number of nitrogens with zero attached hydrogens (tertiary/aromatic N) is 7. The van der Waals surface area contributed by atoms with E-state index >= 15 is 0 Å². The zero-order valence-electron chi connectivity index (χ0n) is 19.0. The second-order valence-corrected chi connectivity index (χ2v) is 9.05. The number of amides is 2. The summed E-state index contributed by atoms with van der Waals surface area (Å²) in [5, 5.41) is 11.9. The van der Waals surface area contributed by atoms with E-state index in [1.54, 1.807) is 41.8 Å². The van der Waals surface area contributed by atoms with Crippen LogP contribution in [0.5, 0.6) is 0 Å². The van der Waals surface area contributed by atoms with Crippen LogP contribution in [0.1, 0.15) is 16.4 Å². The summed E-state index contributed by atoms with van der Waals surface area (Å²) in [5.74, 6) is 0.996. The third kappa shape index (κ3) is 4.51. The van der Waals surface area contributed by atoms with Gasteiger partial charge in [-0.2, -0.15) is 4.98 Å². The molecule has 0 aliphatic carbocycles. The van der Waals surface area contributed by atoms with E-state index < -0.39 is 0 Å². The lowest BCUT2D eigenvalue weighted by Gasteiger charge is -2.28. The Morgan fingerprint density at radius 3 is 2.66 bits per heavy atom. The highest BCUT2D eigenvalue weighted by Crippen LogP contribution is 2.31. The Kier molecular flexibility index (Phi) is 6.26. The molecule has 14 heteroatoms. The maximum absolute atomic E-state index is 13.4. The van der Waals surface area contributed by atoms with Gasteiger partial charge in [0.1, 0.15) is 20.0 Å². The van der Waals surface area contributed by atoms with Gasteiger partial charge in [0.05, 0.1) is 16.6 Å². The number of anilines is 2. The highest BCUT2D eigenvalue weighted by Gasteiger charge is 2.33. The van der Waals surface area contributed by atoms with Crippen molar-refractivity contribution < 1.29 is 18.7 Å². The van der Waals surface area contributed by atoms with E-state index in [1.165, 1.54) is 4.90 Å². The van der Waals surface area contributed by atoms with Gasteiger partial charge in [0.15, 0.2) is 11.5 Å². The fourth-order valence-electron chi connectivity index (χ4n) is 3.92. The van der Waals surface area contributed by atoms with Crippen LogP contribution in [0.25, 0.3) is 11.5 Å². The van der Waals surface area contributed by atoms with Crippen molar-refractivity contribution in [1.29, 1.82) is 0 Å². The molecule has 2 aromatic heterocycles. The number of hydrogen-bond acceptors (Lipinski definition) is 9. The lowest BCUT2D eigenvalue weighted by molar-refractivity contribution is -0.120. The first-order valence-electron chi connectivity index (χ1n) is 10.8. The lowest BCUT2D eigenvalue weighted by atomic mass is 10.2. The molecule has 2 amide bonds. The summed E-state index contributed by atoms with van der Waals surface area (Å²) in [7, 11) is 3.44. The van der Waals surface area contributed by atoms with Gasteiger partial charge in [0, 0.05) is 32.7 Å². The SMILES string of the molecule is CN1COCN(C)c2nc(N3CCNC(=O)C3)n(Cc3nnc(-c4ccc(Cl)c(Cl)c4)o3)c2C1=O.